The summed E-state index contributed by atoms with van der Waals surface area (Å²) in [6.07, 6.45) is 0. The molecule has 0 aromatic heterocycles. The second-order valence-electron chi connectivity index (χ2n) is 5.76. The van der Waals surface area contributed by atoms with Gasteiger partial charge in [-0.3, -0.25) is 9.59 Å². The molecule has 0 bridgehead atoms. The molecule has 1 aliphatic rings. The number of aliphatic carboxylic acids is 2. The average molecular weight is 346 g/mol. The van der Waals surface area contributed by atoms with E-state index in [2.05, 4.69) is 5.32 Å². The molecule has 2 atom stereocenters. The second kappa shape index (κ2) is 6.48. The van der Waals surface area contributed by atoms with Crippen molar-refractivity contribution < 1.29 is 29.0 Å². The fourth-order valence-corrected chi connectivity index (χ4v) is 3.01. The minimum absolute atomic E-state index is 0.0705. The van der Waals surface area contributed by atoms with E-state index in [0.717, 1.165) is 4.90 Å². The molecular weight excluding hydrogens is 331 g/mol. The normalized spacial score (nSPS) is 20.4. The number of piperazine rings is 1. The Labute approximate surface area is 141 Å². The van der Waals surface area contributed by atoms with Crippen LogP contribution in [0.2, 0.25) is 0 Å². The monoisotopic (exact) mass is 346 g/mol. The third-order valence-electron chi connectivity index (χ3n) is 4.20. The van der Waals surface area contributed by atoms with Gasteiger partial charge in [0.15, 0.2) is 6.04 Å². The number of nitrogens with zero attached hydrogens (tertiary/aromatic N) is 1. The van der Waals surface area contributed by atoms with E-state index in [1.165, 1.54) is 30.3 Å². The lowest BCUT2D eigenvalue weighted by Crippen LogP contribution is -2.65. The molecule has 25 heavy (non-hydrogen) atoms. The predicted molar refractivity (Wildman–Crippen MR) is 85.8 cm³/mol. The summed E-state index contributed by atoms with van der Waals surface area (Å²) >= 11 is 0. The van der Waals surface area contributed by atoms with Crippen molar-refractivity contribution in [3.63, 3.8) is 0 Å². The van der Waals surface area contributed by atoms with Crippen LogP contribution in [0.25, 0.3) is 10.8 Å². The molecule has 0 unspecified atom stereocenters. The number of carbonyl (C=O) groups excluding carboxylic acids is 1. The highest BCUT2D eigenvalue weighted by Gasteiger charge is 2.43. The first-order chi connectivity index (χ1) is 11.9. The lowest BCUT2D eigenvalue weighted by molar-refractivity contribution is -0.152. The molecule has 1 amide bonds. The number of benzene rings is 2. The van der Waals surface area contributed by atoms with Crippen molar-refractivity contribution in [1.82, 2.24) is 10.2 Å². The average Bonchev–Trinajstić information content (AvgIpc) is 2.59. The summed E-state index contributed by atoms with van der Waals surface area (Å²) in [4.78, 5) is 36.6. The van der Waals surface area contributed by atoms with Gasteiger partial charge in [0.05, 0.1) is 0 Å². The van der Waals surface area contributed by atoms with Gasteiger partial charge in [-0.15, -0.1) is 0 Å². The van der Waals surface area contributed by atoms with Crippen LogP contribution in [0.4, 0.5) is 4.39 Å². The summed E-state index contributed by atoms with van der Waals surface area (Å²) in [5.74, 6) is -3.70. The molecule has 1 saturated heterocycles. The van der Waals surface area contributed by atoms with Gasteiger partial charge >= 0.3 is 11.9 Å². The number of halogens is 1. The first-order valence-corrected chi connectivity index (χ1v) is 7.58. The molecular formula is C17H15FN2O5. The first kappa shape index (κ1) is 16.8. The third kappa shape index (κ3) is 3.16. The fourth-order valence-electron chi connectivity index (χ4n) is 3.01. The Kier molecular flexibility index (Phi) is 4.37. The van der Waals surface area contributed by atoms with Crippen LogP contribution in [0.15, 0.2) is 36.4 Å². The molecule has 1 fully saturated rings. The Bertz CT molecular complexity index is 869. The van der Waals surface area contributed by atoms with E-state index < -0.39 is 35.7 Å². The number of hydrogen-bond donors (Lipinski definition) is 3. The SMILES string of the molecule is O=C(O)[C@H]1NCCN(C(=O)c2ccc3cc(F)ccc3c2)[C@H]1C(=O)O. The van der Waals surface area contributed by atoms with Crippen molar-refractivity contribution in [2.75, 3.05) is 13.1 Å². The number of carboxylic acid groups (broad SMARTS) is 2. The van der Waals surface area contributed by atoms with Gasteiger partial charge < -0.3 is 20.4 Å². The van der Waals surface area contributed by atoms with Crippen LogP contribution in [-0.2, 0) is 9.59 Å². The van der Waals surface area contributed by atoms with Crippen molar-refractivity contribution in [1.29, 1.82) is 0 Å². The van der Waals surface area contributed by atoms with Crippen molar-refractivity contribution >= 4 is 28.6 Å². The molecule has 3 N–H and O–H groups in total. The number of carbonyl (C=O) groups is 3. The zero-order chi connectivity index (χ0) is 18.1. The predicted octanol–water partition coefficient (Wildman–Crippen LogP) is 0.931. The van der Waals surface area contributed by atoms with Crippen LogP contribution in [0.1, 0.15) is 10.4 Å². The minimum Gasteiger partial charge on any atom is -0.480 e. The maximum absolute atomic E-state index is 13.2. The molecule has 0 radical (unpaired) electrons. The maximum Gasteiger partial charge on any atom is 0.328 e. The van der Waals surface area contributed by atoms with E-state index in [0.29, 0.717) is 10.8 Å². The van der Waals surface area contributed by atoms with Gasteiger partial charge in [0.1, 0.15) is 11.9 Å². The van der Waals surface area contributed by atoms with Crippen molar-refractivity contribution in [2.24, 2.45) is 0 Å². The van der Waals surface area contributed by atoms with E-state index in [4.69, 9.17) is 0 Å². The van der Waals surface area contributed by atoms with Gasteiger partial charge in [-0.25, -0.2) is 9.18 Å². The summed E-state index contributed by atoms with van der Waals surface area (Å²) in [5, 5.41) is 22.4. The van der Waals surface area contributed by atoms with Crippen molar-refractivity contribution in [3.05, 3.63) is 47.8 Å². The number of amides is 1. The molecule has 3 rings (SSSR count). The number of fused-ring (bicyclic) bond motifs is 1. The van der Waals surface area contributed by atoms with E-state index in [1.54, 1.807) is 6.07 Å². The summed E-state index contributed by atoms with van der Waals surface area (Å²) in [6.45, 7) is 0.242. The quantitative estimate of drug-likeness (QED) is 0.763. The van der Waals surface area contributed by atoms with Gasteiger partial charge in [0.2, 0.25) is 0 Å². The van der Waals surface area contributed by atoms with Crippen LogP contribution in [-0.4, -0.2) is 58.1 Å². The maximum atomic E-state index is 13.2. The van der Waals surface area contributed by atoms with Crippen molar-refractivity contribution in [2.45, 2.75) is 12.1 Å². The Morgan fingerprint density at radius 1 is 1.04 bits per heavy atom. The lowest BCUT2D eigenvalue weighted by atomic mass is 10.0. The highest BCUT2D eigenvalue weighted by molar-refractivity contribution is 6.01. The molecule has 0 aliphatic carbocycles. The molecule has 2 aromatic carbocycles. The molecule has 8 heteroatoms. The van der Waals surface area contributed by atoms with Crippen LogP contribution in [0, 0.1) is 5.82 Å². The number of carboxylic acids is 2. The Morgan fingerprint density at radius 3 is 2.40 bits per heavy atom. The summed E-state index contributed by atoms with van der Waals surface area (Å²) < 4.78 is 13.2. The third-order valence-corrected chi connectivity index (χ3v) is 4.20. The minimum atomic E-state index is -1.51. The van der Waals surface area contributed by atoms with Gasteiger partial charge in [-0.05, 0) is 35.0 Å². The summed E-state index contributed by atoms with van der Waals surface area (Å²) in [7, 11) is 0. The largest absolute Gasteiger partial charge is 0.480 e. The van der Waals surface area contributed by atoms with E-state index in [1.807, 2.05) is 0 Å². The van der Waals surface area contributed by atoms with Crippen LogP contribution in [0.5, 0.6) is 0 Å². The molecule has 0 spiro atoms. The lowest BCUT2D eigenvalue weighted by Gasteiger charge is -2.37. The van der Waals surface area contributed by atoms with E-state index >= 15 is 0 Å². The number of rotatable bonds is 3. The van der Waals surface area contributed by atoms with E-state index in [-0.39, 0.29) is 18.7 Å². The summed E-state index contributed by atoms with van der Waals surface area (Å²) in [5.41, 5.74) is 0.219. The van der Waals surface area contributed by atoms with Gasteiger partial charge in [-0.1, -0.05) is 12.1 Å². The van der Waals surface area contributed by atoms with Crippen LogP contribution in [0.3, 0.4) is 0 Å². The molecule has 7 nitrogen and oxygen atoms in total. The Hall–Kier alpha value is -3.00. The second-order valence-corrected chi connectivity index (χ2v) is 5.76. The van der Waals surface area contributed by atoms with Crippen molar-refractivity contribution in [3.8, 4) is 0 Å². The Balaban J connectivity index is 1.96. The highest BCUT2D eigenvalue weighted by atomic mass is 19.1. The Morgan fingerprint density at radius 2 is 1.72 bits per heavy atom. The molecule has 1 aliphatic heterocycles. The van der Waals surface area contributed by atoms with Crippen LogP contribution >= 0.6 is 0 Å². The van der Waals surface area contributed by atoms with Crippen LogP contribution < -0.4 is 5.32 Å². The molecule has 1 heterocycles. The van der Waals surface area contributed by atoms with Gasteiger partial charge in [0.25, 0.3) is 5.91 Å². The number of nitrogens with one attached hydrogen (secondary N) is 1. The molecule has 0 saturated carbocycles. The molecule has 2 aromatic rings. The topological polar surface area (TPSA) is 107 Å². The standard InChI is InChI=1S/C17H15FN2O5/c18-12-4-3-9-7-11(2-1-10(9)8-12)15(21)20-6-5-19-13(16(22)23)14(20)17(24)25/h1-4,7-8,13-14,19H,5-6H2,(H,22,23)(H,24,25)/t13-,14+/m0/s1. The molecule has 130 valence electrons. The smallest absolute Gasteiger partial charge is 0.328 e. The highest BCUT2D eigenvalue weighted by Crippen LogP contribution is 2.21. The van der Waals surface area contributed by atoms with Gasteiger partial charge in [0, 0.05) is 18.7 Å². The zero-order valence-corrected chi connectivity index (χ0v) is 13.0. The van der Waals surface area contributed by atoms with E-state index in [9.17, 15) is 29.0 Å². The summed E-state index contributed by atoms with van der Waals surface area (Å²) in [6, 6.07) is 5.80. The van der Waals surface area contributed by atoms with Gasteiger partial charge in [-0.2, -0.15) is 0 Å². The number of hydrogen-bond acceptors (Lipinski definition) is 4. The fraction of sp³-hybridized carbons (Fsp3) is 0.235. The first-order valence-electron chi connectivity index (χ1n) is 7.58. The zero-order valence-electron chi connectivity index (χ0n) is 13.0.